The highest BCUT2D eigenvalue weighted by Crippen LogP contribution is 2.30. The fraction of sp³-hybridized carbons (Fsp3) is 0.118. The summed E-state index contributed by atoms with van der Waals surface area (Å²) in [7, 11) is -4.00. The van der Waals surface area contributed by atoms with E-state index in [1.54, 1.807) is 30.3 Å². The first-order valence-electron chi connectivity index (χ1n) is 6.72. The quantitative estimate of drug-likeness (QED) is 0.402. The number of hydrogen-bond donors (Lipinski definition) is 0. The smallest absolute Gasteiger partial charge is 0.339 e. The van der Waals surface area contributed by atoms with Gasteiger partial charge in [0.25, 0.3) is 0 Å². The van der Waals surface area contributed by atoms with Gasteiger partial charge < -0.3 is 4.18 Å². The molecule has 0 heterocycles. The van der Waals surface area contributed by atoms with Crippen LogP contribution in [0.2, 0.25) is 0 Å². The van der Waals surface area contributed by atoms with Gasteiger partial charge >= 0.3 is 10.1 Å². The lowest BCUT2D eigenvalue weighted by Crippen LogP contribution is -2.12. The Morgan fingerprint density at radius 1 is 1.30 bits per heavy atom. The molecule has 6 heteroatoms. The number of rotatable bonds is 5. The van der Waals surface area contributed by atoms with Crippen LogP contribution in [-0.4, -0.2) is 8.42 Å². The summed E-state index contributed by atoms with van der Waals surface area (Å²) in [5.41, 5.74) is 1.74. The van der Waals surface area contributed by atoms with Crippen molar-refractivity contribution in [1.82, 2.24) is 0 Å². The summed E-state index contributed by atoms with van der Waals surface area (Å²) in [6.07, 6.45) is 2.04. The van der Waals surface area contributed by atoms with E-state index in [2.05, 4.69) is 29.2 Å². The summed E-state index contributed by atoms with van der Waals surface area (Å²) in [6, 6.07) is 11.7. The average molecular weight is 439 g/mol. The van der Waals surface area contributed by atoms with Gasteiger partial charge in [0, 0.05) is 9.13 Å². The molecule has 0 aliphatic carbocycles. The van der Waals surface area contributed by atoms with Crippen LogP contribution in [0, 0.1) is 21.8 Å². The molecule has 118 valence electrons. The average Bonchev–Trinajstić information content (AvgIpc) is 2.50. The van der Waals surface area contributed by atoms with Gasteiger partial charge in [-0.3, -0.25) is 0 Å². The molecule has 0 fully saturated rings. The zero-order chi connectivity index (χ0) is 17.0. The number of aryl methyl sites for hydroxylation is 1. The van der Waals surface area contributed by atoms with Crippen LogP contribution in [0.25, 0.3) is 0 Å². The maximum atomic E-state index is 12.5. The minimum Gasteiger partial charge on any atom is -0.377 e. The lowest BCUT2D eigenvalue weighted by Gasteiger charge is -2.13. The van der Waals surface area contributed by atoms with E-state index in [0.29, 0.717) is 12.0 Å². The SMILES string of the molecule is C=CCc1cc(I)cc(C#N)c1OS(=O)(=O)c1ccc(C)cc1. The zero-order valence-electron chi connectivity index (χ0n) is 12.4. The predicted molar refractivity (Wildman–Crippen MR) is 96.8 cm³/mol. The lowest BCUT2D eigenvalue weighted by atomic mass is 10.1. The Hall–Kier alpha value is -1.85. The first-order chi connectivity index (χ1) is 10.9. The summed E-state index contributed by atoms with van der Waals surface area (Å²) in [4.78, 5) is 0.0510. The van der Waals surface area contributed by atoms with E-state index in [0.717, 1.165) is 9.13 Å². The maximum Gasteiger partial charge on any atom is 0.339 e. The van der Waals surface area contributed by atoms with Gasteiger partial charge in [-0.15, -0.1) is 6.58 Å². The highest BCUT2D eigenvalue weighted by Gasteiger charge is 2.21. The number of hydrogen-bond acceptors (Lipinski definition) is 4. The van der Waals surface area contributed by atoms with Crippen LogP contribution < -0.4 is 4.18 Å². The summed E-state index contributed by atoms with van der Waals surface area (Å²) >= 11 is 2.07. The van der Waals surface area contributed by atoms with Crippen molar-refractivity contribution in [2.45, 2.75) is 18.2 Å². The van der Waals surface area contributed by atoms with Crippen molar-refractivity contribution in [2.75, 3.05) is 0 Å². The van der Waals surface area contributed by atoms with Gasteiger partial charge in [-0.05, 0) is 60.2 Å². The van der Waals surface area contributed by atoms with Crippen LogP contribution in [0.1, 0.15) is 16.7 Å². The third kappa shape index (κ3) is 4.12. The number of nitriles is 1. The highest BCUT2D eigenvalue weighted by atomic mass is 127. The van der Waals surface area contributed by atoms with E-state index in [9.17, 15) is 13.7 Å². The summed E-state index contributed by atoms with van der Waals surface area (Å²) < 4.78 is 31.0. The fourth-order valence-electron chi connectivity index (χ4n) is 2.00. The van der Waals surface area contributed by atoms with E-state index < -0.39 is 10.1 Å². The summed E-state index contributed by atoms with van der Waals surface area (Å²) in [6.45, 7) is 5.52. The molecule has 0 N–H and O–H groups in total. The standard InChI is InChI=1S/C17H14INO3S/c1-3-4-13-9-15(18)10-14(11-19)17(13)22-23(20,21)16-7-5-12(2)6-8-16/h3,5-10H,1,4H2,2H3. The Bertz CT molecular complexity index is 881. The second-order valence-electron chi connectivity index (χ2n) is 4.90. The number of benzene rings is 2. The van der Waals surface area contributed by atoms with Crippen LogP contribution in [-0.2, 0) is 16.5 Å². The molecule has 0 amide bonds. The largest absolute Gasteiger partial charge is 0.377 e. The third-order valence-electron chi connectivity index (χ3n) is 3.12. The Morgan fingerprint density at radius 3 is 2.52 bits per heavy atom. The van der Waals surface area contributed by atoms with Gasteiger partial charge in [-0.2, -0.15) is 13.7 Å². The second-order valence-corrected chi connectivity index (χ2v) is 7.69. The molecule has 0 aromatic heterocycles. The van der Waals surface area contributed by atoms with Crippen molar-refractivity contribution in [3.63, 3.8) is 0 Å². The molecule has 0 aliphatic heterocycles. The maximum absolute atomic E-state index is 12.5. The second kappa shape index (κ2) is 7.15. The molecule has 2 rings (SSSR count). The summed E-state index contributed by atoms with van der Waals surface area (Å²) in [5.74, 6) is 0.0633. The molecule has 0 saturated heterocycles. The molecule has 0 radical (unpaired) electrons. The number of allylic oxidation sites excluding steroid dienone is 1. The minimum atomic E-state index is -4.00. The van der Waals surface area contributed by atoms with Crippen molar-refractivity contribution in [3.8, 4) is 11.8 Å². The van der Waals surface area contributed by atoms with Crippen molar-refractivity contribution < 1.29 is 12.6 Å². The molecule has 0 saturated carbocycles. The van der Waals surface area contributed by atoms with Gasteiger partial charge in [0.15, 0.2) is 5.75 Å². The van der Waals surface area contributed by atoms with Crippen molar-refractivity contribution in [2.24, 2.45) is 0 Å². The van der Waals surface area contributed by atoms with Gasteiger partial charge in [-0.1, -0.05) is 23.8 Å². The Labute approximate surface area is 149 Å². The Morgan fingerprint density at radius 2 is 1.96 bits per heavy atom. The van der Waals surface area contributed by atoms with E-state index in [4.69, 9.17) is 4.18 Å². The van der Waals surface area contributed by atoms with Crippen molar-refractivity contribution in [1.29, 1.82) is 5.26 Å². The van der Waals surface area contributed by atoms with E-state index >= 15 is 0 Å². The molecule has 0 unspecified atom stereocenters. The normalized spacial score (nSPS) is 10.8. The van der Waals surface area contributed by atoms with Crippen LogP contribution >= 0.6 is 22.6 Å². The van der Waals surface area contributed by atoms with E-state index in [-0.39, 0.29) is 16.2 Å². The van der Waals surface area contributed by atoms with Crippen LogP contribution in [0.4, 0.5) is 0 Å². The molecule has 0 bridgehead atoms. The first-order valence-corrected chi connectivity index (χ1v) is 9.20. The molecule has 0 spiro atoms. The number of halogens is 1. The van der Waals surface area contributed by atoms with Gasteiger partial charge in [0.1, 0.15) is 11.0 Å². The molecule has 0 aliphatic rings. The molecule has 0 atom stereocenters. The van der Waals surface area contributed by atoms with Gasteiger partial charge in [0.05, 0.1) is 5.56 Å². The molecule has 23 heavy (non-hydrogen) atoms. The van der Waals surface area contributed by atoms with Gasteiger partial charge in [0.2, 0.25) is 0 Å². The zero-order valence-corrected chi connectivity index (χ0v) is 15.4. The third-order valence-corrected chi connectivity index (χ3v) is 4.98. The first kappa shape index (κ1) is 17.5. The topological polar surface area (TPSA) is 67.2 Å². The van der Waals surface area contributed by atoms with Crippen LogP contribution in [0.5, 0.6) is 5.75 Å². The summed E-state index contributed by atoms with van der Waals surface area (Å²) in [5, 5.41) is 9.29. The van der Waals surface area contributed by atoms with E-state index in [1.165, 1.54) is 12.1 Å². The van der Waals surface area contributed by atoms with Crippen LogP contribution in [0.15, 0.2) is 53.9 Å². The van der Waals surface area contributed by atoms with Gasteiger partial charge in [-0.25, -0.2) is 0 Å². The molecule has 2 aromatic carbocycles. The monoisotopic (exact) mass is 439 g/mol. The number of nitrogens with zero attached hydrogens (tertiary/aromatic N) is 1. The van der Waals surface area contributed by atoms with Crippen molar-refractivity contribution in [3.05, 3.63) is 69.3 Å². The highest BCUT2D eigenvalue weighted by molar-refractivity contribution is 14.1. The van der Waals surface area contributed by atoms with Crippen molar-refractivity contribution >= 4 is 32.7 Å². The molecular formula is C17H14INO3S. The van der Waals surface area contributed by atoms with E-state index in [1.807, 2.05) is 13.0 Å². The fourth-order valence-corrected chi connectivity index (χ4v) is 3.67. The molecule has 2 aromatic rings. The minimum absolute atomic E-state index is 0.0510. The molecular weight excluding hydrogens is 425 g/mol. The lowest BCUT2D eigenvalue weighted by molar-refractivity contribution is 0.482. The Kier molecular flexibility index (Phi) is 5.44. The Balaban J connectivity index is 2.52. The predicted octanol–water partition coefficient (Wildman–Crippen LogP) is 3.97. The molecule has 4 nitrogen and oxygen atoms in total. The van der Waals surface area contributed by atoms with Crippen LogP contribution in [0.3, 0.4) is 0 Å².